The molecule has 7 heteroatoms. The molecule has 0 saturated carbocycles. The molecule has 0 spiro atoms. The number of phenolic OH excluding ortho intramolecular Hbond substituents is 1. The monoisotopic (exact) mass is 272 g/mol. The van der Waals surface area contributed by atoms with E-state index in [0.717, 1.165) is 0 Å². The summed E-state index contributed by atoms with van der Waals surface area (Å²) in [6.07, 6.45) is 1.56. The molecule has 0 aliphatic heterocycles. The first-order chi connectivity index (χ1) is 9.65. The Bertz CT molecular complexity index is 752. The highest BCUT2D eigenvalue weighted by Crippen LogP contribution is 2.31. The minimum atomic E-state index is -0.640. The van der Waals surface area contributed by atoms with Crippen LogP contribution in [0.2, 0.25) is 0 Å². The Morgan fingerprint density at radius 2 is 2.05 bits per heavy atom. The molecule has 0 saturated heterocycles. The molecule has 0 fully saturated rings. The van der Waals surface area contributed by atoms with Crippen LogP contribution in [0.1, 0.15) is 5.82 Å². The van der Waals surface area contributed by atoms with Gasteiger partial charge in [0.05, 0.1) is 0 Å². The summed E-state index contributed by atoms with van der Waals surface area (Å²) in [7, 11) is 0. The minimum absolute atomic E-state index is 0.105. The molecule has 2 aromatic heterocycles. The molecule has 20 heavy (non-hydrogen) atoms. The maximum Gasteiger partial charge on any atom is 0.265 e. The average Bonchev–Trinajstić information content (AvgIpc) is 2.88. The minimum Gasteiger partial charge on any atom is -0.507 e. The summed E-state index contributed by atoms with van der Waals surface area (Å²) in [5.41, 5.74) is 0.334. The lowest BCUT2D eigenvalue weighted by Gasteiger charge is -1.99. The molecule has 6 nitrogen and oxygen atoms in total. The number of hydrogen-bond donors (Lipinski definition) is 1. The Labute approximate surface area is 112 Å². The fraction of sp³-hybridized carbons (Fsp3) is 0.0769. The van der Waals surface area contributed by atoms with Gasteiger partial charge in [-0.3, -0.25) is 0 Å². The first-order valence-corrected chi connectivity index (χ1v) is 5.77. The molecule has 0 aliphatic rings. The largest absolute Gasteiger partial charge is 0.507 e. The molecule has 100 valence electrons. The molecule has 0 aliphatic carbocycles. The standard InChI is InChI=1S/C13H9FN4O2/c1-7-15-6-5-9(16-7)12-17-13(20-18-12)11-8(14)3-2-4-10(11)19/h2-6,19H,1H3. The summed E-state index contributed by atoms with van der Waals surface area (Å²) in [4.78, 5) is 12.1. The van der Waals surface area contributed by atoms with E-state index >= 15 is 0 Å². The van der Waals surface area contributed by atoms with Crippen molar-refractivity contribution in [1.82, 2.24) is 20.1 Å². The van der Waals surface area contributed by atoms with Crippen molar-refractivity contribution in [2.24, 2.45) is 0 Å². The van der Waals surface area contributed by atoms with Crippen molar-refractivity contribution < 1.29 is 14.0 Å². The molecule has 1 N–H and O–H groups in total. The Balaban J connectivity index is 2.07. The summed E-state index contributed by atoms with van der Waals surface area (Å²) in [6, 6.07) is 5.55. The van der Waals surface area contributed by atoms with Crippen LogP contribution in [-0.2, 0) is 0 Å². The maximum absolute atomic E-state index is 13.7. The lowest BCUT2D eigenvalue weighted by atomic mass is 10.2. The summed E-state index contributed by atoms with van der Waals surface area (Å²) in [5.74, 6) is -0.249. The number of halogens is 1. The van der Waals surface area contributed by atoms with Gasteiger partial charge in [0.2, 0.25) is 5.82 Å². The van der Waals surface area contributed by atoms with Crippen molar-refractivity contribution in [2.45, 2.75) is 6.92 Å². The molecule has 0 unspecified atom stereocenters. The van der Waals surface area contributed by atoms with Crippen LogP contribution in [0, 0.1) is 12.7 Å². The van der Waals surface area contributed by atoms with Gasteiger partial charge in [0.1, 0.15) is 28.6 Å². The van der Waals surface area contributed by atoms with E-state index in [1.54, 1.807) is 19.2 Å². The van der Waals surface area contributed by atoms with Crippen molar-refractivity contribution in [3.8, 4) is 28.7 Å². The van der Waals surface area contributed by atoms with Crippen molar-refractivity contribution in [1.29, 1.82) is 0 Å². The number of hydrogen-bond acceptors (Lipinski definition) is 6. The summed E-state index contributed by atoms with van der Waals surface area (Å²) < 4.78 is 18.7. The first-order valence-electron chi connectivity index (χ1n) is 5.77. The van der Waals surface area contributed by atoms with Crippen LogP contribution >= 0.6 is 0 Å². The van der Waals surface area contributed by atoms with E-state index in [1.807, 2.05) is 0 Å². The Kier molecular flexibility index (Phi) is 2.86. The Hall–Kier alpha value is -2.83. The number of nitrogens with zero attached hydrogens (tertiary/aromatic N) is 4. The number of aromatic hydroxyl groups is 1. The second-order valence-electron chi connectivity index (χ2n) is 4.05. The van der Waals surface area contributed by atoms with Crippen molar-refractivity contribution in [3.63, 3.8) is 0 Å². The van der Waals surface area contributed by atoms with Crippen molar-refractivity contribution in [3.05, 3.63) is 42.1 Å². The van der Waals surface area contributed by atoms with Crippen LogP contribution in [0.3, 0.4) is 0 Å². The molecular formula is C13H9FN4O2. The van der Waals surface area contributed by atoms with Crippen molar-refractivity contribution in [2.75, 3.05) is 0 Å². The number of aromatic nitrogens is 4. The molecule has 3 rings (SSSR count). The highest BCUT2D eigenvalue weighted by atomic mass is 19.1. The summed E-state index contributed by atoms with van der Waals surface area (Å²) in [5, 5.41) is 13.4. The average molecular weight is 272 g/mol. The first kappa shape index (κ1) is 12.2. The number of aryl methyl sites for hydroxylation is 1. The molecule has 1 aromatic carbocycles. The van der Waals surface area contributed by atoms with Crippen LogP contribution < -0.4 is 0 Å². The van der Waals surface area contributed by atoms with Gasteiger partial charge in [-0.2, -0.15) is 4.98 Å². The van der Waals surface area contributed by atoms with Gasteiger partial charge in [0.15, 0.2) is 0 Å². The maximum atomic E-state index is 13.7. The lowest BCUT2D eigenvalue weighted by molar-refractivity contribution is 0.421. The smallest absolute Gasteiger partial charge is 0.265 e. The van der Waals surface area contributed by atoms with Gasteiger partial charge in [-0.05, 0) is 25.1 Å². The van der Waals surface area contributed by atoms with Gasteiger partial charge < -0.3 is 9.63 Å². The number of phenols is 1. The fourth-order valence-electron chi connectivity index (χ4n) is 1.73. The van der Waals surface area contributed by atoms with Crippen LogP contribution in [0.15, 0.2) is 35.0 Å². The van der Waals surface area contributed by atoms with Gasteiger partial charge in [0.25, 0.3) is 5.89 Å². The van der Waals surface area contributed by atoms with E-state index in [1.165, 1.54) is 18.2 Å². The molecule has 2 heterocycles. The molecular weight excluding hydrogens is 263 g/mol. The van der Waals surface area contributed by atoms with Crippen LogP contribution in [-0.4, -0.2) is 25.2 Å². The number of rotatable bonds is 2. The van der Waals surface area contributed by atoms with Crippen LogP contribution in [0.25, 0.3) is 23.0 Å². The van der Waals surface area contributed by atoms with E-state index in [4.69, 9.17) is 4.52 Å². The molecule has 0 bridgehead atoms. The van der Waals surface area contributed by atoms with Crippen LogP contribution in [0.5, 0.6) is 5.75 Å². The Morgan fingerprint density at radius 3 is 2.80 bits per heavy atom. The predicted molar refractivity (Wildman–Crippen MR) is 67.1 cm³/mol. The zero-order valence-electron chi connectivity index (χ0n) is 10.4. The quantitative estimate of drug-likeness (QED) is 0.770. The fourth-order valence-corrected chi connectivity index (χ4v) is 1.73. The SMILES string of the molecule is Cc1nccc(-c2noc(-c3c(O)cccc3F)n2)n1. The van der Waals surface area contributed by atoms with E-state index in [2.05, 4.69) is 20.1 Å². The van der Waals surface area contributed by atoms with Gasteiger partial charge in [-0.1, -0.05) is 11.2 Å². The zero-order valence-corrected chi connectivity index (χ0v) is 10.4. The normalized spacial score (nSPS) is 10.7. The van der Waals surface area contributed by atoms with E-state index < -0.39 is 5.82 Å². The lowest BCUT2D eigenvalue weighted by Crippen LogP contribution is -1.91. The molecule has 0 atom stereocenters. The third-order valence-electron chi connectivity index (χ3n) is 2.64. The molecule has 0 amide bonds. The van der Waals surface area contributed by atoms with E-state index in [9.17, 15) is 9.50 Å². The highest BCUT2D eigenvalue weighted by Gasteiger charge is 2.18. The van der Waals surface area contributed by atoms with Crippen molar-refractivity contribution >= 4 is 0 Å². The second-order valence-corrected chi connectivity index (χ2v) is 4.05. The summed E-state index contributed by atoms with van der Waals surface area (Å²) in [6.45, 7) is 1.73. The van der Waals surface area contributed by atoms with E-state index in [0.29, 0.717) is 11.5 Å². The zero-order chi connectivity index (χ0) is 14.1. The third-order valence-corrected chi connectivity index (χ3v) is 2.64. The van der Waals surface area contributed by atoms with E-state index in [-0.39, 0.29) is 23.0 Å². The van der Waals surface area contributed by atoms with Gasteiger partial charge >= 0.3 is 0 Å². The number of benzene rings is 1. The van der Waals surface area contributed by atoms with Gasteiger partial charge in [0, 0.05) is 6.20 Å². The second kappa shape index (κ2) is 4.69. The van der Waals surface area contributed by atoms with Gasteiger partial charge in [-0.15, -0.1) is 0 Å². The van der Waals surface area contributed by atoms with Gasteiger partial charge in [-0.25, -0.2) is 14.4 Å². The van der Waals surface area contributed by atoms with Crippen LogP contribution in [0.4, 0.5) is 4.39 Å². The topological polar surface area (TPSA) is 84.9 Å². The summed E-state index contributed by atoms with van der Waals surface area (Å²) >= 11 is 0. The Morgan fingerprint density at radius 1 is 1.20 bits per heavy atom. The third kappa shape index (κ3) is 2.09. The molecule has 3 aromatic rings. The highest BCUT2D eigenvalue weighted by molar-refractivity contribution is 5.64. The molecule has 0 radical (unpaired) electrons. The predicted octanol–water partition coefficient (Wildman–Crippen LogP) is 2.35.